The molecule has 1 amide bonds. The first-order chi connectivity index (χ1) is 9.22. The first-order valence-corrected chi connectivity index (χ1v) is 6.09. The highest BCUT2D eigenvalue weighted by atomic mass is 35.5. The van der Waals surface area contributed by atoms with Crippen molar-refractivity contribution in [1.82, 2.24) is 9.38 Å². The van der Waals surface area contributed by atoms with Crippen LogP contribution in [0.4, 0.5) is 5.69 Å². The van der Waals surface area contributed by atoms with Crippen LogP contribution in [-0.2, 0) is 0 Å². The Morgan fingerprint density at radius 3 is 3.00 bits per heavy atom. The van der Waals surface area contributed by atoms with Crippen LogP contribution in [0, 0.1) is 0 Å². The van der Waals surface area contributed by atoms with Gasteiger partial charge in [0, 0.05) is 22.5 Å². The SMILES string of the molecule is O=C(Nc1cccc(Cl)c1)c1ccn2cncc2c1. The summed E-state index contributed by atoms with van der Waals surface area (Å²) in [6, 6.07) is 10.6. The summed E-state index contributed by atoms with van der Waals surface area (Å²) < 4.78 is 1.84. The minimum Gasteiger partial charge on any atom is -0.322 e. The molecule has 0 aliphatic rings. The summed E-state index contributed by atoms with van der Waals surface area (Å²) in [5, 5.41) is 3.39. The van der Waals surface area contributed by atoms with Gasteiger partial charge in [-0.25, -0.2) is 4.98 Å². The summed E-state index contributed by atoms with van der Waals surface area (Å²) >= 11 is 5.87. The summed E-state index contributed by atoms with van der Waals surface area (Å²) in [6.07, 6.45) is 5.19. The molecule has 0 radical (unpaired) electrons. The molecule has 2 heterocycles. The Balaban J connectivity index is 1.87. The molecule has 2 aromatic heterocycles. The van der Waals surface area contributed by atoms with Crippen molar-refractivity contribution in [2.24, 2.45) is 0 Å². The molecule has 0 fully saturated rings. The van der Waals surface area contributed by atoms with Crippen LogP contribution in [0.25, 0.3) is 5.52 Å². The second-order valence-electron chi connectivity index (χ2n) is 4.11. The monoisotopic (exact) mass is 271 g/mol. The number of anilines is 1. The number of carbonyl (C=O) groups excluding carboxylic acids is 1. The zero-order valence-corrected chi connectivity index (χ0v) is 10.6. The molecule has 94 valence electrons. The van der Waals surface area contributed by atoms with E-state index in [1.165, 1.54) is 0 Å². The summed E-state index contributed by atoms with van der Waals surface area (Å²) in [7, 11) is 0. The van der Waals surface area contributed by atoms with Crippen LogP contribution >= 0.6 is 11.6 Å². The third-order valence-corrected chi connectivity index (χ3v) is 2.99. The van der Waals surface area contributed by atoms with E-state index >= 15 is 0 Å². The summed E-state index contributed by atoms with van der Waals surface area (Å²) in [6.45, 7) is 0. The highest BCUT2D eigenvalue weighted by Gasteiger charge is 2.07. The fourth-order valence-electron chi connectivity index (χ4n) is 1.83. The summed E-state index contributed by atoms with van der Waals surface area (Å²) in [4.78, 5) is 16.1. The maximum absolute atomic E-state index is 12.1. The number of imidazole rings is 1. The molecular formula is C14H10ClN3O. The lowest BCUT2D eigenvalue weighted by molar-refractivity contribution is 0.102. The van der Waals surface area contributed by atoms with Crippen molar-refractivity contribution in [3.8, 4) is 0 Å². The van der Waals surface area contributed by atoms with E-state index in [1.807, 2.05) is 4.40 Å². The third kappa shape index (κ3) is 2.44. The third-order valence-electron chi connectivity index (χ3n) is 2.76. The molecule has 1 aromatic carbocycles. The van der Waals surface area contributed by atoms with E-state index in [1.54, 1.807) is 55.1 Å². The largest absolute Gasteiger partial charge is 0.322 e. The van der Waals surface area contributed by atoms with Crippen molar-refractivity contribution >= 4 is 28.7 Å². The van der Waals surface area contributed by atoms with E-state index in [2.05, 4.69) is 10.3 Å². The molecule has 0 bridgehead atoms. The number of halogens is 1. The number of hydrogen-bond acceptors (Lipinski definition) is 2. The first-order valence-electron chi connectivity index (χ1n) is 5.71. The van der Waals surface area contributed by atoms with Gasteiger partial charge in [0.2, 0.25) is 0 Å². The number of rotatable bonds is 2. The molecule has 0 aliphatic carbocycles. The Bertz CT molecular complexity index is 751. The van der Waals surface area contributed by atoms with Crippen LogP contribution in [0.2, 0.25) is 5.02 Å². The van der Waals surface area contributed by atoms with Crippen molar-refractivity contribution < 1.29 is 4.79 Å². The van der Waals surface area contributed by atoms with Gasteiger partial charge in [0.05, 0.1) is 18.0 Å². The number of pyridine rings is 1. The number of nitrogens with one attached hydrogen (secondary N) is 1. The Labute approximate surface area is 114 Å². The van der Waals surface area contributed by atoms with Crippen molar-refractivity contribution in [3.63, 3.8) is 0 Å². The van der Waals surface area contributed by atoms with Gasteiger partial charge in [0.1, 0.15) is 0 Å². The Morgan fingerprint density at radius 1 is 1.26 bits per heavy atom. The van der Waals surface area contributed by atoms with Gasteiger partial charge in [-0.05, 0) is 30.3 Å². The topological polar surface area (TPSA) is 46.4 Å². The quantitative estimate of drug-likeness (QED) is 0.778. The van der Waals surface area contributed by atoms with E-state index in [0.29, 0.717) is 16.3 Å². The van der Waals surface area contributed by atoms with Gasteiger partial charge in [0.15, 0.2) is 0 Å². The molecule has 1 N–H and O–H groups in total. The number of aromatic nitrogens is 2. The lowest BCUT2D eigenvalue weighted by Gasteiger charge is -2.06. The van der Waals surface area contributed by atoms with Crippen LogP contribution in [0.5, 0.6) is 0 Å². The Hall–Kier alpha value is -2.33. The summed E-state index contributed by atoms with van der Waals surface area (Å²) in [5.74, 6) is -0.175. The molecular weight excluding hydrogens is 262 g/mol. The smallest absolute Gasteiger partial charge is 0.255 e. The maximum atomic E-state index is 12.1. The highest BCUT2D eigenvalue weighted by molar-refractivity contribution is 6.30. The number of carbonyl (C=O) groups is 1. The number of hydrogen-bond donors (Lipinski definition) is 1. The fourth-order valence-corrected chi connectivity index (χ4v) is 2.02. The number of benzene rings is 1. The predicted octanol–water partition coefficient (Wildman–Crippen LogP) is 3.24. The average Bonchev–Trinajstić information content (AvgIpc) is 2.85. The molecule has 3 aromatic rings. The van der Waals surface area contributed by atoms with E-state index in [9.17, 15) is 4.79 Å². The van der Waals surface area contributed by atoms with Crippen molar-refractivity contribution in [3.05, 3.63) is 65.7 Å². The van der Waals surface area contributed by atoms with E-state index in [-0.39, 0.29) is 5.91 Å². The van der Waals surface area contributed by atoms with Crippen molar-refractivity contribution in [1.29, 1.82) is 0 Å². The van der Waals surface area contributed by atoms with Crippen LogP contribution < -0.4 is 5.32 Å². The van der Waals surface area contributed by atoms with E-state index in [4.69, 9.17) is 11.6 Å². The molecule has 4 nitrogen and oxygen atoms in total. The van der Waals surface area contributed by atoms with Gasteiger partial charge in [-0.15, -0.1) is 0 Å². The molecule has 19 heavy (non-hydrogen) atoms. The number of nitrogens with zero attached hydrogens (tertiary/aromatic N) is 2. The highest BCUT2D eigenvalue weighted by Crippen LogP contribution is 2.16. The summed E-state index contributed by atoms with van der Waals surface area (Å²) in [5.41, 5.74) is 2.12. The fraction of sp³-hybridized carbons (Fsp3) is 0. The van der Waals surface area contributed by atoms with E-state index in [0.717, 1.165) is 5.52 Å². The van der Waals surface area contributed by atoms with Gasteiger partial charge in [-0.3, -0.25) is 4.79 Å². The van der Waals surface area contributed by atoms with Crippen LogP contribution in [0.3, 0.4) is 0 Å². The first kappa shape index (κ1) is 11.7. The Kier molecular flexibility index (Phi) is 2.93. The van der Waals surface area contributed by atoms with Crippen molar-refractivity contribution in [2.45, 2.75) is 0 Å². The normalized spacial score (nSPS) is 10.6. The maximum Gasteiger partial charge on any atom is 0.255 e. The van der Waals surface area contributed by atoms with Crippen LogP contribution in [0.15, 0.2) is 55.1 Å². The number of fused-ring (bicyclic) bond motifs is 1. The predicted molar refractivity (Wildman–Crippen MR) is 74.6 cm³/mol. The molecule has 5 heteroatoms. The van der Waals surface area contributed by atoms with Crippen LogP contribution in [0.1, 0.15) is 10.4 Å². The van der Waals surface area contributed by atoms with Gasteiger partial charge in [-0.1, -0.05) is 17.7 Å². The molecule has 0 aliphatic heterocycles. The van der Waals surface area contributed by atoms with Gasteiger partial charge in [0.25, 0.3) is 5.91 Å². The van der Waals surface area contributed by atoms with Gasteiger partial charge >= 0.3 is 0 Å². The lowest BCUT2D eigenvalue weighted by atomic mass is 10.2. The molecule has 0 spiro atoms. The molecule has 0 unspecified atom stereocenters. The second kappa shape index (κ2) is 4.74. The average molecular weight is 272 g/mol. The molecule has 3 rings (SSSR count). The standard InChI is InChI=1S/C14H10ClN3O/c15-11-2-1-3-12(7-11)17-14(19)10-4-5-18-9-16-8-13(18)6-10/h1-9H,(H,17,19). The minimum absolute atomic E-state index is 0.175. The Morgan fingerprint density at radius 2 is 2.16 bits per heavy atom. The van der Waals surface area contributed by atoms with Gasteiger partial charge in [-0.2, -0.15) is 0 Å². The van der Waals surface area contributed by atoms with Crippen molar-refractivity contribution in [2.75, 3.05) is 5.32 Å². The number of amides is 1. The lowest BCUT2D eigenvalue weighted by Crippen LogP contribution is -2.12. The molecule has 0 saturated carbocycles. The second-order valence-corrected chi connectivity index (χ2v) is 4.54. The van der Waals surface area contributed by atoms with Gasteiger partial charge < -0.3 is 9.72 Å². The van der Waals surface area contributed by atoms with Crippen LogP contribution in [-0.4, -0.2) is 15.3 Å². The van der Waals surface area contributed by atoms with E-state index < -0.39 is 0 Å². The minimum atomic E-state index is -0.175. The zero-order valence-electron chi connectivity index (χ0n) is 9.88. The molecule has 0 saturated heterocycles. The zero-order chi connectivity index (χ0) is 13.2. The molecule has 0 atom stereocenters.